The minimum Gasteiger partial charge on any atom is -0.370 e. The van der Waals surface area contributed by atoms with E-state index in [2.05, 4.69) is 20.5 Å². The van der Waals surface area contributed by atoms with Gasteiger partial charge < -0.3 is 9.88 Å². The van der Waals surface area contributed by atoms with Gasteiger partial charge in [-0.15, -0.1) is 10.2 Å². The van der Waals surface area contributed by atoms with E-state index in [1.807, 2.05) is 44.3 Å². The van der Waals surface area contributed by atoms with Gasteiger partial charge in [-0.25, -0.2) is 9.37 Å². The van der Waals surface area contributed by atoms with Crippen molar-refractivity contribution in [3.05, 3.63) is 77.1 Å². The summed E-state index contributed by atoms with van der Waals surface area (Å²) in [6.07, 6.45) is -3.72. The highest BCUT2D eigenvalue weighted by Gasteiger charge is 2.41. The van der Waals surface area contributed by atoms with Gasteiger partial charge in [0, 0.05) is 44.4 Å². The molecule has 6 rings (SSSR count). The average Bonchev–Trinajstić information content (AvgIpc) is 3.66. The number of hydrogen-bond donors (Lipinski definition) is 1. The maximum Gasteiger partial charge on any atom is 0.416 e. The Morgan fingerprint density at radius 2 is 1.86 bits per heavy atom. The number of likely N-dealkylation sites (tertiary alicyclic amines) is 1. The van der Waals surface area contributed by atoms with E-state index in [1.54, 1.807) is 21.9 Å². The second kappa shape index (κ2) is 10.8. The molecular formula is C30H29F4N7O. The van der Waals surface area contributed by atoms with Crippen LogP contribution < -0.4 is 10.2 Å². The standard InChI is InChI=1S/C30H29F4N7O/c1-3-35-26-12-19(21-6-4-5-7-22(21)28-38-36-17-39(28)2)13-27(37-26)41-16-24-23(29(41)42)10-18(11-25(24)30(32,33)34)14-40-9-8-20(31)15-40/h4-7,10-13,17,20H,3,8-9,14-16H2,1-2H3,(H,35,37). The molecule has 42 heavy (non-hydrogen) atoms. The van der Waals surface area contributed by atoms with Crippen molar-refractivity contribution in [2.24, 2.45) is 7.05 Å². The molecular weight excluding hydrogens is 550 g/mol. The fourth-order valence-electron chi connectivity index (χ4n) is 5.72. The van der Waals surface area contributed by atoms with Crippen molar-refractivity contribution in [1.82, 2.24) is 24.6 Å². The van der Waals surface area contributed by atoms with Gasteiger partial charge in [-0.3, -0.25) is 14.6 Å². The van der Waals surface area contributed by atoms with Crippen LogP contribution in [-0.2, 0) is 26.3 Å². The molecule has 12 heteroatoms. The Morgan fingerprint density at radius 1 is 1.07 bits per heavy atom. The van der Waals surface area contributed by atoms with E-state index in [9.17, 15) is 22.4 Å². The van der Waals surface area contributed by atoms with Gasteiger partial charge in [0.15, 0.2) is 5.82 Å². The number of nitrogens with one attached hydrogen (secondary N) is 1. The van der Waals surface area contributed by atoms with Crippen molar-refractivity contribution in [2.45, 2.75) is 38.8 Å². The van der Waals surface area contributed by atoms with Crippen LogP contribution in [0.4, 0.5) is 29.2 Å². The quantitative estimate of drug-likeness (QED) is 0.283. The molecule has 1 N–H and O–H groups in total. The number of fused-ring (bicyclic) bond motifs is 1. The van der Waals surface area contributed by atoms with Crippen molar-refractivity contribution in [3.63, 3.8) is 0 Å². The molecule has 0 saturated carbocycles. The predicted molar refractivity (Wildman–Crippen MR) is 151 cm³/mol. The van der Waals surface area contributed by atoms with Gasteiger partial charge in [0.1, 0.15) is 24.1 Å². The second-order valence-electron chi connectivity index (χ2n) is 10.6. The maximum absolute atomic E-state index is 14.3. The Kier molecular flexibility index (Phi) is 7.17. The second-order valence-corrected chi connectivity index (χ2v) is 10.6. The molecule has 1 atom stereocenters. The van der Waals surface area contributed by atoms with E-state index < -0.39 is 23.8 Å². The van der Waals surface area contributed by atoms with Gasteiger partial charge >= 0.3 is 6.18 Å². The first-order valence-corrected chi connectivity index (χ1v) is 13.7. The van der Waals surface area contributed by atoms with Crippen molar-refractivity contribution in [2.75, 3.05) is 29.9 Å². The van der Waals surface area contributed by atoms with Crippen LogP contribution in [0.2, 0.25) is 0 Å². The SMILES string of the molecule is CCNc1cc(-c2ccccc2-c2nncn2C)cc(N2Cc3c(cc(CN4CCC(F)C4)cc3C(F)(F)F)C2=O)n1. The van der Waals surface area contributed by atoms with E-state index in [0.717, 1.165) is 17.2 Å². The predicted octanol–water partition coefficient (Wildman–Crippen LogP) is 5.70. The molecule has 1 fully saturated rings. The molecule has 2 aliphatic rings. The molecule has 1 amide bonds. The summed E-state index contributed by atoms with van der Waals surface area (Å²) in [5.41, 5.74) is 1.70. The van der Waals surface area contributed by atoms with Crippen LogP contribution in [0.1, 0.15) is 40.4 Å². The number of rotatable bonds is 7. The van der Waals surface area contributed by atoms with Gasteiger partial charge in [-0.05, 0) is 59.9 Å². The van der Waals surface area contributed by atoms with E-state index in [-0.39, 0.29) is 36.6 Å². The summed E-state index contributed by atoms with van der Waals surface area (Å²) < 4.78 is 58.3. The summed E-state index contributed by atoms with van der Waals surface area (Å²) in [7, 11) is 1.83. The lowest BCUT2D eigenvalue weighted by Gasteiger charge is -2.19. The van der Waals surface area contributed by atoms with Crippen LogP contribution in [0.3, 0.4) is 0 Å². The fourth-order valence-corrected chi connectivity index (χ4v) is 5.72. The maximum atomic E-state index is 14.3. The molecule has 4 aromatic rings. The zero-order valence-electron chi connectivity index (χ0n) is 23.1. The van der Waals surface area contributed by atoms with E-state index in [1.165, 1.54) is 11.0 Å². The highest BCUT2D eigenvalue weighted by atomic mass is 19.4. The number of aromatic nitrogens is 4. The highest BCUT2D eigenvalue weighted by Crippen LogP contribution is 2.41. The molecule has 1 unspecified atom stereocenters. The summed E-state index contributed by atoms with van der Waals surface area (Å²) >= 11 is 0. The molecule has 2 aromatic heterocycles. The van der Waals surface area contributed by atoms with Crippen LogP contribution in [0, 0.1) is 0 Å². The first-order chi connectivity index (χ1) is 20.1. The molecule has 0 radical (unpaired) electrons. The molecule has 1 saturated heterocycles. The third-order valence-electron chi connectivity index (χ3n) is 7.66. The van der Waals surface area contributed by atoms with Crippen LogP contribution in [0.15, 0.2) is 54.9 Å². The number of carbonyl (C=O) groups is 1. The highest BCUT2D eigenvalue weighted by molar-refractivity contribution is 6.10. The molecule has 2 aromatic carbocycles. The lowest BCUT2D eigenvalue weighted by Crippen LogP contribution is -2.24. The fraction of sp³-hybridized carbons (Fsp3) is 0.333. The van der Waals surface area contributed by atoms with Crippen molar-refractivity contribution in [1.29, 1.82) is 0 Å². The van der Waals surface area contributed by atoms with Crippen LogP contribution in [-0.4, -0.2) is 56.4 Å². The van der Waals surface area contributed by atoms with Crippen molar-refractivity contribution < 1.29 is 22.4 Å². The van der Waals surface area contributed by atoms with E-state index >= 15 is 0 Å². The third-order valence-corrected chi connectivity index (χ3v) is 7.66. The molecule has 0 spiro atoms. The molecule has 0 aliphatic carbocycles. The number of hydrogen-bond acceptors (Lipinski definition) is 6. The Balaban J connectivity index is 1.41. The summed E-state index contributed by atoms with van der Waals surface area (Å²) in [4.78, 5) is 21.4. The Bertz CT molecular complexity index is 1650. The molecule has 0 bridgehead atoms. The summed E-state index contributed by atoms with van der Waals surface area (Å²) in [6, 6.07) is 13.7. The van der Waals surface area contributed by atoms with Gasteiger partial charge in [0.25, 0.3) is 5.91 Å². The Hall–Kier alpha value is -4.32. The zero-order valence-corrected chi connectivity index (χ0v) is 23.1. The number of anilines is 2. The first kappa shape index (κ1) is 27.8. The average molecular weight is 580 g/mol. The summed E-state index contributed by atoms with van der Waals surface area (Å²) in [5, 5.41) is 11.4. The zero-order chi connectivity index (χ0) is 29.6. The molecule has 4 heterocycles. The number of carbonyl (C=O) groups excluding carboxylic acids is 1. The normalized spacial score (nSPS) is 17.2. The molecule has 218 valence electrons. The number of pyridine rings is 1. The van der Waals surface area contributed by atoms with Crippen molar-refractivity contribution >= 4 is 17.5 Å². The monoisotopic (exact) mass is 579 g/mol. The Labute approximate surface area is 240 Å². The number of alkyl halides is 4. The first-order valence-electron chi connectivity index (χ1n) is 13.7. The van der Waals surface area contributed by atoms with Gasteiger partial charge in [-0.1, -0.05) is 24.3 Å². The van der Waals surface area contributed by atoms with Gasteiger partial charge in [0.05, 0.1) is 12.1 Å². The topological polar surface area (TPSA) is 79.2 Å². The molecule has 8 nitrogen and oxygen atoms in total. The van der Waals surface area contributed by atoms with Crippen LogP contribution in [0.5, 0.6) is 0 Å². The lowest BCUT2D eigenvalue weighted by molar-refractivity contribution is -0.138. The lowest BCUT2D eigenvalue weighted by atomic mass is 9.98. The number of nitrogens with zero attached hydrogens (tertiary/aromatic N) is 6. The van der Waals surface area contributed by atoms with Gasteiger partial charge in [0.2, 0.25) is 0 Å². The van der Waals surface area contributed by atoms with Crippen LogP contribution >= 0.6 is 0 Å². The third kappa shape index (κ3) is 5.22. The largest absolute Gasteiger partial charge is 0.416 e. The van der Waals surface area contributed by atoms with E-state index in [4.69, 9.17) is 0 Å². The number of amides is 1. The number of benzene rings is 2. The molecule has 2 aliphatic heterocycles. The van der Waals surface area contributed by atoms with Crippen molar-refractivity contribution in [3.8, 4) is 22.5 Å². The minimum atomic E-state index is -4.66. The minimum absolute atomic E-state index is 0.00694. The summed E-state index contributed by atoms with van der Waals surface area (Å²) in [6.45, 7) is 2.94. The van der Waals surface area contributed by atoms with E-state index in [0.29, 0.717) is 42.3 Å². The number of aryl methyl sites for hydroxylation is 1. The summed E-state index contributed by atoms with van der Waals surface area (Å²) in [5.74, 6) is 0.786. The number of halogens is 4. The Morgan fingerprint density at radius 3 is 2.52 bits per heavy atom. The van der Waals surface area contributed by atoms with Gasteiger partial charge in [-0.2, -0.15) is 13.2 Å². The van der Waals surface area contributed by atoms with Crippen LogP contribution in [0.25, 0.3) is 22.5 Å². The smallest absolute Gasteiger partial charge is 0.370 e.